The molecule has 2 aliphatic heterocycles. The lowest BCUT2D eigenvalue weighted by Crippen LogP contribution is -2.39. The van der Waals surface area contributed by atoms with Gasteiger partial charge in [0.15, 0.2) is 5.82 Å². The molecule has 37 heavy (non-hydrogen) atoms. The average Bonchev–Trinajstić information content (AvgIpc) is 3.45. The summed E-state index contributed by atoms with van der Waals surface area (Å²) in [5.41, 5.74) is 2.74. The monoisotopic (exact) mass is 511 g/mol. The van der Waals surface area contributed by atoms with Gasteiger partial charge in [-0.3, -0.25) is 9.78 Å². The van der Waals surface area contributed by atoms with Gasteiger partial charge >= 0.3 is 0 Å². The first-order valence-electron chi connectivity index (χ1n) is 12.4. The van der Waals surface area contributed by atoms with Gasteiger partial charge in [-0.25, -0.2) is 13.2 Å². The van der Waals surface area contributed by atoms with Gasteiger partial charge in [-0.2, -0.15) is 5.10 Å². The summed E-state index contributed by atoms with van der Waals surface area (Å²) in [5.74, 6) is -0.463. The minimum Gasteiger partial charge on any atom is -0.381 e. The lowest BCUT2D eigenvalue weighted by Gasteiger charge is -2.28. The Kier molecular flexibility index (Phi) is 7.10. The molecule has 0 bridgehead atoms. The van der Waals surface area contributed by atoms with Crippen LogP contribution in [0.25, 0.3) is 16.5 Å². The molecule has 0 radical (unpaired) electrons. The van der Waals surface area contributed by atoms with Gasteiger partial charge in [-0.05, 0) is 43.9 Å². The van der Waals surface area contributed by atoms with E-state index in [9.17, 15) is 18.0 Å². The summed E-state index contributed by atoms with van der Waals surface area (Å²) < 4.78 is 46.5. The van der Waals surface area contributed by atoms with E-state index in [-0.39, 0.29) is 17.4 Å². The Morgan fingerprint density at radius 2 is 2.05 bits per heavy atom. The van der Waals surface area contributed by atoms with Crippen LogP contribution >= 0.6 is 0 Å². The molecule has 7 nitrogen and oxygen atoms in total. The first kappa shape index (κ1) is 25.1. The van der Waals surface area contributed by atoms with Crippen molar-refractivity contribution in [2.45, 2.75) is 39.2 Å². The van der Waals surface area contributed by atoms with Gasteiger partial charge in [0, 0.05) is 36.8 Å². The fourth-order valence-electron chi connectivity index (χ4n) is 4.92. The Bertz CT molecular complexity index is 1360. The fraction of sp³-hybridized carbons (Fsp3) is 0.407. The number of hydrogen-bond acceptors (Lipinski definition) is 6. The molecule has 194 valence electrons. The van der Waals surface area contributed by atoms with E-state index < -0.39 is 23.8 Å². The van der Waals surface area contributed by atoms with Crippen molar-refractivity contribution >= 4 is 28.2 Å². The molecule has 1 unspecified atom stereocenters. The van der Waals surface area contributed by atoms with Gasteiger partial charge in [0.05, 0.1) is 35.3 Å². The SMILES string of the molecule is Cc1nnc(N[C@H](C)c2cccc(C(F)F)c2F)c2cc(C3=CCN(C(=O)C4CCOC4)CC3)cnc12. The highest BCUT2D eigenvalue weighted by molar-refractivity contribution is 5.92. The van der Waals surface area contributed by atoms with E-state index in [0.29, 0.717) is 55.1 Å². The zero-order valence-corrected chi connectivity index (χ0v) is 20.7. The highest BCUT2D eigenvalue weighted by Crippen LogP contribution is 2.32. The van der Waals surface area contributed by atoms with E-state index >= 15 is 0 Å². The zero-order chi connectivity index (χ0) is 26.1. The lowest BCUT2D eigenvalue weighted by molar-refractivity contribution is -0.135. The third-order valence-corrected chi connectivity index (χ3v) is 7.07. The van der Waals surface area contributed by atoms with Crippen molar-refractivity contribution in [2.75, 3.05) is 31.6 Å². The number of benzene rings is 1. The largest absolute Gasteiger partial charge is 0.381 e. The van der Waals surface area contributed by atoms with E-state index in [1.54, 1.807) is 20.0 Å². The standard InChI is InChI=1S/C27H28F3N5O2/c1-15(20-4-3-5-21(23(20)28)25(29)30)32-26-22-12-19(13-31-24(22)16(2)33-34-26)17-6-9-35(10-7-17)27(36)18-8-11-37-14-18/h3-6,12-13,15,18,25H,7-11,14H2,1-2H3,(H,32,34)/t15-,18?/m1/s1. The molecule has 2 aromatic heterocycles. The molecule has 1 amide bonds. The maximum atomic E-state index is 14.7. The number of carbonyl (C=O) groups is 1. The second-order valence-corrected chi connectivity index (χ2v) is 9.50. The molecule has 1 saturated heterocycles. The topological polar surface area (TPSA) is 80.2 Å². The van der Waals surface area contributed by atoms with Crippen LogP contribution in [0.15, 0.2) is 36.5 Å². The number of amides is 1. The van der Waals surface area contributed by atoms with Crippen LogP contribution in [0.3, 0.4) is 0 Å². The number of aromatic nitrogens is 3. The van der Waals surface area contributed by atoms with Crippen molar-refractivity contribution in [1.82, 2.24) is 20.1 Å². The summed E-state index contributed by atoms with van der Waals surface area (Å²) >= 11 is 0. The first-order chi connectivity index (χ1) is 17.8. The van der Waals surface area contributed by atoms with Crippen LogP contribution in [0.5, 0.6) is 0 Å². The normalized spacial score (nSPS) is 18.8. The summed E-state index contributed by atoms with van der Waals surface area (Å²) in [7, 11) is 0. The summed E-state index contributed by atoms with van der Waals surface area (Å²) in [6, 6.07) is 5.29. The van der Waals surface area contributed by atoms with Gasteiger partial charge in [0.1, 0.15) is 5.82 Å². The molecule has 1 aromatic carbocycles. The van der Waals surface area contributed by atoms with Gasteiger partial charge in [-0.1, -0.05) is 24.3 Å². The number of aryl methyl sites for hydroxylation is 1. The van der Waals surface area contributed by atoms with Crippen molar-refractivity contribution in [3.8, 4) is 0 Å². The molecular formula is C27H28F3N5O2. The molecule has 0 spiro atoms. The van der Waals surface area contributed by atoms with E-state index in [0.717, 1.165) is 23.6 Å². The Labute approximate surface area is 212 Å². The number of alkyl halides is 2. The van der Waals surface area contributed by atoms with Crippen LogP contribution in [-0.2, 0) is 9.53 Å². The number of nitrogens with zero attached hydrogens (tertiary/aromatic N) is 4. The Morgan fingerprint density at radius 3 is 2.76 bits per heavy atom. The van der Waals surface area contributed by atoms with E-state index in [4.69, 9.17) is 4.74 Å². The second kappa shape index (κ2) is 10.5. The average molecular weight is 512 g/mol. The zero-order valence-electron chi connectivity index (χ0n) is 20.7. The Balaban J connectivity index is 1.41. The number of nitrogens with one attached hydrogen (secondary N) is 1. The lowest BCUT2D eigenvalue weighted by atomic mass is 9.98. The summed E-state index contributed by atoms with van der Waals surface area (Å²) in [4.78, 5) is 19.2. The van der Waals surface area contributed by atoms with Crippen LogP contribution < -0.4 is 5.32 Å². The van der Waals surface area contributed by atoms with Crippen molar-refractivity contribution in [3.05, 3.63) is 64.7 Å². The molecule has 1 N–H and O–H groups in total. The fourth-order valence-corrected chi connectivity index (χ4v) is 4.92. The molecule has 0 saturated carbocycles. The van der Waals surface area contributed by atoms with Gasteiger partial charge < -0.3 is 15.0 Å². The van der Waals surface area contributed by atoms with Crippen molar-refractivity contribution in [2.24, 2.45) is 5.92 Å². The molecule has 2 atom stereocenters. The smallest absolute Gasteiger partial charge is 0.266 e. The Hall–Kier alpha value is -3.53. The third kappa shape index (κ3) is 5.02. The summed E-state index contributed by atoms with van der Waals surface area (Å²) in [6.07, 6.45) is 2.38. The van der Waals surface area contributed by atoms with Gasteiger partial charge in [0.25, 0.3) is 6.43 Å². The van der Waals surface area contributed by atoms with E-state index in [1.807, 2.05) is 17.0 Å². The highest BCUT2D eigenvalue weighted by atomic mass is 19.3. The molecular weight excluding hydrogens is 483 g/mol. The molecule has 1 fully saturated rings. The molecule has 2 aliphatic rings. The highest BCUT2D eigenvalue weighted by Gasteiger charge is 2.29. The number of fused-ring (bicyclic) bond motifs is 1. The maximum Gasteiger partial charge on any atom is 0.266 e. The Morgan fingerprint density at radius 1 is 1.24 bits per heavy atom. The number of halogens is 3. The maximum absolute atomic E-state index is 14.7. The van der Waals surface area contributed by atoms with Crippen LogP contribution in [0, 0.1) is 18.7 Å². The van der Waals surface area contributed by atoms with Gasteiger partial charge in [0.2, 0.25) is 5.91 Å². The van der Waals surface area contributed by atoms with Crippen LogP contribution in [0.4, 0.5) is 19.0 Å². The third-order valence-electron chi connectivity index (χ3n) is 7.07. The van der Waals surface area contributed by atoms with Crippen LogP contribution in [0.1, 0.15) is 54.6 Å². The number of ether oxygens (including phenoxy) is 1. The van der Waals surface area contributed by atoms with E-state index in [2.05, 4.69) is 20.5 Å². The number of rotatable bonds is 6. The number of pyridine rings is 1. The first-order valence-corrected chi connectivity index (χ1v) is 12.4. The van der Waals surface area contributed by atoms with Crippen molar-refractivity contribution in [1.29, 1.82) is 0 Å². The number of carbonyl (C=O) groups excluding carboxylic acids is 1. The molecule has 10 heteroatoms. The minimum atomic E-state index is -2.90. The van der Waals surface area contributed by atoms with Gasteiger partial charge in [-0.15, -0.1) is 5.10 Å². The molecule has 5 rings (SSSR count). The number of anilines is 1. The number of hydrogen-bond donors (Lipinski definition) is 1. The minimum absolute atomic E-state index is 0.0549. The molecule has 0 aliphatic carbocycles. The quantitative estimate of drug-likeness (QED) is 0.488. The summed E-state index contributed by atoms with van der Waals surface area (Å²) in [5, 5.41) is 12.3. The van der Waals surface area contributed by atoms with Crippen molar-refractivity contribution in [3.63, 3.8) is 0 Å². The summed E-state index contributed by atoms with van der Waals surface area (Å²) in [6.45, 7) is 5.76. The predicted molar refractivity (Wildman–Crippen MR) is 134 cm³/mol. The van der Waals surface area contributed by atoms with Crippen LogP contribution in [-0.4, -0.2) is 52.3 Å². The second-order valence-electron chi connectivity index (χ2n) is 9.50. The van der Waals surface area contributed by atoms with Crippen molar-refractivity contribution < 1.29 is 22.7 Å². The van der Waals surface area contributed by atoms with E-state index in [1.165, 1.54) is 12.1 Å². The molecule has 3 aromatic rings. The predicted octanol–water partition coefficient (Wildman–Crippen LogP) is 5.24. The molecule has 4 heterocycles. The van der Waals surface area contributed by atoms with Crippen LogP contribution in [0.2, 0.25) is 0 Å².